The van der Waals surface area contributed by atoms with Gasteiger partial charge in [-0.3, -0.25) is 4.79 Å². The molecule has 1 aliphatic heterocycles. The molecule has 1 aromatic heterocycles. The Morgan fingerprint density at radius 1 is 1.27 bits per heavy atom. The zero-order valence-electron chi connectivity index (χ0n) is 15.0. The lowest BCUT2D eigenvalue weighted by Gasteiger charge is -2.44. The van der Waals surface area contributed by atoms with Gasteiger partial charge in [-0.2, -0.15) is 0 Å². The summed E-state index contributed by atoms with van der Waals surface area (Å²) in [6, 6.07) is 8.28. The van der Waals surface area contributed by atoms with E-state index in [1.54, 1.807) is 0 Å². The van der Waals surface area contributed by atoms with Crippen molar-refractivity contribution in [1.82, 2.24) is 19.7 Å². The van der Waals surface area contributed by atoms with Crippen molar-refractivity contribution >= 4 is 17.5 Å². The maximum Gasteiger partial charge on any atom is 0.243 e. The molecule has 7 heteroatoms. The predicted octanol–water partition coefficient (Wildman–Crippen LogP) is 2.42. The van der Waals surface area contributed by atoms with Gasteiger partial charge < -0.3 is 15.2 Å². The summed E-state index contributed by atoms with van der Waals surface area (Å²) in [5.41, 5.74) is 7.36. The molecule has 2 heterocycles. The van der Waals surface area contributed by atoms with E-state index in [0.717, 1.165) is 42.4 Å². The summed E-state index contributed by atoms with van der Waals surface area (Å²) >= 11 is 6.19. The number of benzene rings is 1. The highest BCUT2D eigenvalue weighted by molar-refractivity contribution is 6.30. The summed E-state index contributed by atoms with van der Waals surface area (Å²) in [4.78, 5) is 14.6. The number of carbonyl (C=O) groups excluding carboxylic acids is 1. The third-order valence-corrected chi connectivity index (χ3v) is 6.35. The van der Waals surface area contributed by atoms with E-state index in [9.17, 15) is 4.79 Å². The Balaban J connectivity index is 1.50. The fourth-order valence-electron chi connectivity index (χ4n) is 4.44. The van der Waals surface area contributed by atoms with Crippen molar-refractivity contribution in [1.29, 1.82) is 0 Å². The molecule has 1 saturated carbocycles. The minimum absolute atomic E-state index is 0.0448. The molecule has 2 N–H and O–H groups in total. The molecule has 2 aliphatic rings. The number of aromatic nitrogens is 3. The zero-order chi connectivity index (χ0) is 18.3. The van der Waals surface area contributed by atoms with Gasteiger partial charge in [0.15, 0.2) is 5.82 Å². The second-order valence-corrected chi connectivity index (χ2v) is 7.93. The maximum atomic E-state index is 12.7. The molecule has 4 rings (SSSR count). The molecule has 1 fully saturated rings. The van der Waals surface area contributed by atoms with Crippen molar-refractivity contribution in [3.8, 4) is 0 Å². The molecular formula is C19H24ClN5O. The predicted molar refractivity (Wildman–Crippen MR) is 99.7 cm³/mol. The number of nitrogens with zero attached hydrogens (tertiary/aromatic N) is 4. The lowest BCUT2D eigenvalue weighted by molar-refractivity contribution is -0.138. The molecule has 0 unspecified atom stereocenters. The molecule has 26 heavy (non-hydrogen) atoms. The molecule has 1 amide bonds. The number of hydrogen-bond acceptors (Lipinski definition) is 4. The highest BCUT2D eigenvalue weighted by Gasteiger charge is 2.40. The number of nitrogens with two attached hydrogens (primary N) is 1. The topological polar surface area (TPSA) is 77.0 Å². The van der Waals surface area contributed by atoms with Gasteiger partial charge in [0.05, 0.1) is 6.54 Å². The van der Waals surface area contributed by atoms with Gasteiger partial charge in [-0.05, 0) is 50.3 Å². The number of carbonyl (C=O) groups is 1. The average molecular weight is 374 g/mol. The molecule has 0 spiro atoms. The van der Waals surface area contributed by atoms with E-state index in [1.165, 1.54) is 5.56 Å². The largest absolute Gasteiger partial charge is 0.331 e. The molecule has 0 atom stereocenters. The Morgan fingerprint density at radius 2 is 2.04 bits per heavy atom. The van der Waals surface area contributed by atoms with Gasteiger partial charge in [0, 0.05) is 23.0 Å². The van der Waals surface area contributed by atoms with Gasteiger partial charge in [-0.15, -0.1) is 10.2 Å². The van der Waals surface area contributed by atoms with Crippen LogP contribution in [0.4, 0.5) is 0 Å². The number of aryl methyl sites for hydroxylation is 1. The molecule has 2 aromatic rings. The normalized spacial score (nSPS) is 26.0. The minimum atomic E-state index is -0.0448. The van der Waals surface area contributed by atoms with Crippen molar-refractivity contribution in [3.63, 3.8) is 0 Å². The summed E-state index contributed by atoms with van der Waals surface area (Å²) in [6.45, 7) is 3.39. The number of halogens is 1. The summed E-state index contributed by atoms with van der Waals surface area (Å²) in [7, 11) is 0. The van der Waals surface area contributed by atoms with E-state index >= 15 is 0 Å². The second kappa shape index (κ2) is 6.67. The van der Waals surface area contributed by atoms with Crippen LogP contribution in [0.25, 0.3) is 0 Å². The Kier molecular flexibility index (Phi) is 4.49. The fourth-order valence-corrected chi connectivity index (χ4v) is 4.63. The first-order valence-corrected chi connectivity index (χ1v) is 9.54. The molecule has 1 aliphatic carbocycles. The highest BCUT2D eigenvalue weighted by Crippen LogP contribution is 2.41. The van der Waals surface area contributed by atoms with Crippen molar-refractivity contribution in [2.45, 2.75) is 57.2 Å². The van der Waals surface area contributed by atoms with Crippen LogP contribution in [0.3, 0.4) is 0 Å². The van der Waals surface area contributed by atoms with Crippen molar-refractivity contribution in [3.05, 3.63) is 46.5 Å². The molecular weight excluding hydrogens is 350 g/mol. The summed E-state index contributed by atoms with van der Waals surface area (Å²) in [5, 5.41) is 9.07. The van der Waals surface area contributed by atoms with E-state index in [4.69, 9.17) is 17.3 Å². The SMILES string of the molecule is Cc1nnc2n1CC(=O)N(C1CCC(CN)(c3cccc(Cl)c3)CC1)C2. The van der Waals surface area contributed by atoms with Gasteiger partial charge in [-0.1, -0.05) is 23.7 Å². The standard InChI is InChI=1S/C19H24ClN5O/c1-13-22-23-17-10-25(18(26)11-24(13)17)16-5-7-19(12-21,8-6-16)14-3-2-4-15(20)9-14/h2-4,9,16H,5-8,10-12,21H2,1H3. The number of hydrogen-bond donors (Lipinski definition) is 1. The van der Waals surface area contributed by atoms with Crippen LogP contribution in [0.1, 0.15) is 42.9 Å². The van der Waals surface area contributed by atoms with Gasteiger partial charge in [0.1, 0.15) is 12.4 Å². The van der Waals surface area contributed by atoms with Gasteiger partial charge in [-0.25, -0.2) is 0 Å². The van der Waals surface area contributed by atoms with Crippen LogP contribution in [0.5, 0.6) is 0 Å². The van der Waals surface area contributed by atoms with Gasteiger partial charge >= 0.3 is 0 Å². The van der Waals surface area contributed by atoms with Crippen molar-refractivity contribution < 1.29 is 4.79 Å². The van der Waals surface area contributed by atoms with Crippen LogP contribution in [0.2, 0.25) is 5.02 Å². The molecule has 138 valence electrons. The third-order valence-electron chi connectivity index (χ3n) is 6.12. The monoisotopic (exact) mass is 373 g/mol. The first-order valence-electron chi connectivity index (χ1n) is 9.17. The minimum Gasteiger partial charge on any atom is -0.331 e. The Hall–Kier alpha value is -1.92. The van der Waals surface area contributed by atoms with Crippen LogP contribution in [-0.4, -0.2) is 38.2 Å². The van der Waals surface area contributed by atoms with Gasteiger partial charge in [0.25, 0.3) is 0 Å². The molecule has 1 aromatic carbocycles. The first kappa shape index (κ1) is 17.5. The van der Waals surface area contributed by atoms with Crippen LogP contribution in [0.15, 0.2) is 24.3 Å². The lowest BCUT2D eigenvalue weighted by Crippen LogP contribution is -2.50. The first-order chi connectivity index (χ1) is 12.5. The Labute approximate surface area is 158 Å². The second-order valence-electron chi connectivity index (χ2n) is 7.50. The highest BCUT2D eigenvalue weighted by atomic mass is 35.5. The third kappa shape index (κ3) is 2.91. The van der Waals surface area contributed by atoms with E-state index in [1.807, 2.05) is 34.6 Å². The zero-order valence-corrected chi connectivity index (χ0v) is 15.7. The number of fused-ring (bicyclic) bond motifs is 1. The van der Waals surface area contributed by atoms with Crippen LogP contribution in [-0.2, 0) is 23.3 Å². The molecule has 0 saturated heterocycles. The maximum absolute atomic E-state index is 12.7. The number of amides is 1. The molecule has 6 nitrogen and oxygen atoms in total. The van der Waals surface area contributed by atoms with E-state index in [0.29, 0.717) is 19.6 Å². The van der Waals surface area contributed by atoms with Crippen molar-refractivity contribution in [2.24, 2.45) is 5.73 Å². The molecule has 0 bridgehead atoms. The number of rotatable bonds is 3. The van der Waals surface area contributed by atoms with Crippen molar-refractivity contribution in [2.75, 3.05) is 6.54 Å². The summed E-state index contributed by atoms with van der Waals surface area (Å²) in [6.07, 6.45) is 3.82. The van der Waals surface area contributed by atoms with E-state index in [2.05, 4.69) is 16.3 Å². The van der Waals surface area contributed by atoms with Gasteiger partial charge in [0.2, 0.25) is 5.91 Å². The molecule has 0 radical (unpaired) electrons. The summed E-state index contributed by atoms with van der Waals surface area (Å²) < 4.78 is 1.91. The van der Waals surface area contributed by atoms with Crippen LogP contribution >= 0.6 is 11.6 Å². The smallest absolute Gasteiger partial charge is 0.243 e. The fraction of sp³-hybridized carbons (Fsp3) is 0.526. The summed E-state index contributed by atoms with van der Waals surface area (Å²) in [5.74, 6) is 1.85. The van der Waals surface area contributed by atoms with E-state index in [-0.39, 0.29) is 17.4 Å². The quantitative estimate of drug-likeness (QED) is 0.896. The average Bonchev–Trinajstić information content (AvgIpc) is 3.01. The Morgan fingerprint density at radius 3 is 2.73 bits per heavy atom. The van der Waals surface area contributed by atoms with Crippen LogP contribution < -0.4 is 5.73 Å². The van der Waals surface area contributed by atoms with E-state index < -0.39 is 0 Å². The van der Waals surface area contributed by atoms with Crippen LogP contribution in [0, 0.1) is 6.92 Å². The lowest BCUT2D eigenvalue weighted by atomic mass is 9.68. The Bertz CT molecular complexity index is 825.